The number of ether oxygens (including phenoxy) is 1. The molecule has 0 aliphatic heterocycles. The van der Waals surface area contributed by atoms with Gasteiger partial charge in [0, 0.05) is 13.0 Å². The predicted molar refractivity (Wildman–Crippen MR) is 54.9 cm³/mol. The maximum Gasteiger partial charge on any atom is 0.178 e. The molecule has 4 nitrogen and oxygen atoms in total. The lowest BCUT2D eigenvalue weighted by molar-refractivity contribution is -0.154. The van der Waals surface area contributed by atoms with Gasteiger partial charge in [0.1, 0.15) is 6.10 Å². The highest BCUT2D eigenvalue weighted by molar-refractivity contribution is 5.13. The molecule has 1 rings (SSSR count). The van der Waals surface area contributed by atoms with E-state index in [0.717, 1.165) is 5.56 Å². The van der Waals surface area contributed by atoms with E-state index in [2.05, 4.69) is 0 Å². The maximum absolute atomic E-state index is 8.94. The van der Waals surface area contributed by atoms with Crippen molar-refractivity contribution in [1.82, 2.24) is 0 Å². The summed E-state index contributed by atoms with van der Waals surface area (Å²) in [5.41, 5.74) is 0.959. The van der Waals surface area contributed by atoms with Gasteiger partial charge in [0.05, 0.1) is 6.61 Å². The van der Waals surface area contributed by atoms with Crippen molar-refractivity contribution in [3.8, 4) is 0 Å². The van der Waals surface area contributed by atoms with Crippen LogP contribution in [0.1, 0.15) is 12.0 Å². The Bertz CT molecular complexity index is 261. The lowest BCUT2D eigenvalue weighted by Crippen LogP contribution is -2.29. The van der Waals surface area contributed by atoms with Gasteiger partial charge < -0.3 is 20.1 Å². The molecule has 1 aromatic carbocycles. The van der Waals surface area contributed by atoms with Gasteiger partial charge >= 0.3 is 0 Å². The Morgan fingerprint density at radius 3 is 2.33 bits per heavy atom. The highest BCUT2D eigenvalue weighted by atomic mass is 16.6. The van der Waals surface area contributed by atoms with Crippen LogP contribution in [0, 0.1) is 0 Å². The summed E-state index contributed by atoms with van der Waals surface area (Å²) >= 11 is 0. The highest BCUT2D eigenvalue weighted by Crippen LogP contribution is 2.07. The molecule has 0 aliphatic rings. The maximum atomic E-state index is 8.94. The average molecular weight is 212 g/mol. The molecule has 0 saturated carbocycles. The van der Waals surface area contributed by atoms with Gasteiger partial charge in [0.25, 0.3) is 0 Å². The lowest BCUT2D eigenvalue weighted by atomic mass is 10.2. The van der Waals surface area contributed by atoms with Crippen molar-refractivity contribution in [3.05, 3.63) is 35.9 Å². The zero-order chi connectivity index (χ0) is 11.1. The molecule has 0 spiro atoms. The summed E-state index contributed by atoms with van der Waals surface area (Å²) in [6.07, 6.45) is -2.08. The molecule has 4 heteroatoms. The van der Waals surface area contributed by atoms with Crippen molar-refractivity contribution in [2.45, 2.75) is 25.4 Å². The first-order valence-corrected chi connectivity index (χ1v) is 4.86. The van der Waals surface area contributed by atoms with Crippen molar-refractivity contribution < 1.29 is 20.1 Å². The van der Waals surface area contributed by atoms with E-state index in [-0.39, 0.29) is 13.0 Å². The molecule has 0 radical (unpaired) electrons. The van der Waals surface area contributed by atoms with Crippen LogP contribution in [0.2, 0.25) is 0 Å². The minimum absolute atomic E-state index is 0.128. The summed E-state index contributed by atoms with van der Waals surface area (Å²) in [5.74, 6) is 0. The fourth-order valence-electron chi connectivity index (χ4n) is 1.22. The van der Waals surface area contributed by atoms with Crippen LogP contribution in [0.5, 0.6) is 0 Å². The molecule has 84 valence electrons. The van der Waals surface area contributed by atoms with Gasteiger partial charge in [-0.1, -0.05) is 30.3 Å². The summed E-state index contributed by atoms with van der Waals surface area (Å²) in [7, 11) is 0. The summed E-state index contributed by atoms with van der Waals surface area (Å²) in [5, 5.41) is 26.6. The molecule has 3 N–H and O–H groups in total. The van der Waals surface area contributed by atoms with E-state index in [9.17, 15) is 0 Å². The SMILES string of the molecule is OCCC(OCc1ccccc1)C(O)O. The van der Waals surface area contributed by atoms with Crippen LogP contribution >= 0.6 is 0 Å². The van der Waals surface area contributed by atoms with Crippen LogP contribution < -0.4 is 0 Å². The molecule has 0 bridgehead atoms. The van der Waals surface area contributed by atoms with Gasteiger partial charge in [0.2, 0.25) is 0 Å². The topological polar surface area (TPSA) is 69.9 Å². The Balaban J connectivity index is 2.40. The Morgan fingerprint density at radius 1 is 1.13 bits per heavy atom. The number of aliphatic hydroxyl groups excluding tert-OH is 2. The molecule has 0 amide bonds. The van der Waals surface area contributed by atoms with Crippen molar-refractivity contribution in [3.63, 3.8) is 0 Å². The Hall–Kier alpha value is -0.940. The molecule has 0 fully saturated rings. The van der Waals surface area contributed by atoms with Gasteiger partial charge in [-0.3, -0.25) is 0 Å². The number of hydrogen-bond acceptors (Lipinski definition) is 4. The summed E-state index contributed by atoms with van der Waals surface area (Å²) < 4.78 is 5.27. The summed E-state index contributed by atoms with van der Waals surface area (Å²) in [4.78, 5) is 0. The molecule has 0 heterocycles. The quantitative estimate of drug-likeness (QED) is 0.592. The third kappa shape index (κ3) is 4.40. The van der Waals surface area contributed by atoms with Gasteiger partial charge in [-0.25, -0.2) is 0 Å². The zero-order valence-corrected chi connectivity index (χ0v) is 8.41. The monoisotopic (exact) mass is 212 g/mol. The molecule has 0 aliphatic carbocycles. The molecule has 15 heavy (non-hydrogen) atoms. The zero-order valence-electron chi connectivity index (χ0n) is 8.41. The molecule has 0 aromatic heterocycles. The normalized spacial score (nSPS) is 13.1. The number of hydrogen-bond donors (Lipinski definition) is 3. The number of benzene rings is 1. The smallest absolute Gasteiger partial charge is 0.178 e. The van der Waals surface area contributed by atoms with Crippen molar-refractivity contribution in [2.24, 2.45) is 0 Å². The second kappa shape index (κ2) is 6.53. The first kappa shape index (κ1) is 12.1. The second-order valence-corrected chi connectivity index (χ2v) is 3.26. The average Bonchev–Trinajstić information content (AvgIpc) is 2.25. The molecular weight excluding hydrogens is 196 g/mol. The van der Waals surface area contributed by atoms with E-state index >= 15 is 0 Å². The standard InChI is InChI=1S/C11H16O4/c12-7-6-10(11(13)14)15-8-9-4-2-1-3-5-9/h1-5,10-14H,6-8H2. The van der Waals surface area contributed by atoms with E-state index < -0.39 is 12.4 Å². The van der Waals surface area contributed by atoms with E-state index in [1.54, 1.807) is 0 Å². The molecule has 1 atom stereocenters. The predicted octanol–water partition coefficient (Wildman–Crippen LogP) is 0.265. The molecular formula is C11H16O4. The van der Waals surface area contributed by atoms with E-state index in [4.69, 9.17) is 20.1 Å². The number of rotatable bonds is 6. The fraction of sp³-hybridized carbons (Fsp3) is 0.455. The molecule has 0 saturated heterocycles. The van der Waals surface area contributed by atoms with Gasteiger partial charge in [0.15, 0.2) is 6.29 Å². The fourth-order valence-corrected chi connectivity index (χ4v) is 1.22. The van der Waals surface area contributed by atoms with Crippen LogP contribution in [0.3, 0.4) is 0 Å². The summed E-state index contributed by atoms with van der Waals surface area (Å²) in [6.45, 7) is 0.181. The van der Waals surface area contributed by atoms with Crippen molar-refractivity contribution in [1.29, 1.82) is 0 Å². The van der Waals surface area contributed by atoms with Gasteiger partial charge in [-0.2, -0.15) is 0 Å². The minimum Gasteiger partial charge on any atom is -0.396 e. The second-order valence-electron chi connectivity index (χ2n) is 3.26. The van der Waals surface area contributed by atoms with Crippen molar-refractivity contribution >= 4 is 0 Å². The largest absolute Gasteiger partial charge is 0.396 e. The van der Waals surface area contributed by atoms with E-state index in [1.807, 2.05) is 30.3 Å². The van der Waals surface area contributed by atoms with Gasteiger partial charge in [-0.05, 0) is 5.56 Å². The van der Waals surface area contributed by atoms with Crippen LogP contribution in [-0.4, -0.2) is 34.3 Å². The van der Waals surface area contributed by atoms with Crippen LogP contribution in [0.25, 0.3) is 0 Å². The molecule has 1 aromatic rings. The van der Waals surface area contributed by atoms with Crippen LogP contribution in [0.15, 0.2) is 30.3 Å². The Morgan fingerprint density at radius 2 is 1.80 bits per heavy atom. The minimum atomic E-state index is -1.55. The highest BCUT2D eigenvalue weighted by Gasteiger charge is 2.16. The van der Waals surface area contributed by atoms with E-state index in [1.165, 1.54) is 0 Å². The first-order valence-electron chi connectivity index (χ1n) is 4.86. The Labute approximate surface area is 88.8 Å². The summed E-state index contributed by atoms with van der Waals surface area (Å²) in [6, 6.07) is 9.44. The van der Waals surface area contributed by atoms with Crippen LogP contribution in [0.4, 0.5) is 0 Å². The first-order chi connectivity index (χ1) is 7.24. The van der Waals surface area contributed by atoms with Crippen molar-refractivity contribution in [2.75, 3.05) is 6.61 Å². The van der Waals surface area contributed by atoms with Crippen LogP contribution in [-0.2, 0) is 11.3 Å². The van der Waals surface area contributed by atoms with Gasteiger partial charge in [-0.15, -0.1) is 0 Å². The third-order valence-corrected chi connectivity index (χ3v) is 2.05. The number of aliphatic hydroxyl groups is 3. The molecule has 1 unspecified atom stereocenters. The third-order valence-electron chi connectivity index (χ3n) is 2.05. The van der Waals surface area contributed by atoms with E-state index in [0.29, 0.717) is 6.61 Å². The lowest BCUT2D eigenvalue weighted by Gasteiger charge is -2.18. The Kier molecular flexibility index (Phi) is 5.28.